The Morgan fingerprint density at radius 1 is 1.00 bits per heavy atom. The highest BCUT2D eigenvalue weighted by Gasteiger charge is 2.30. The molecule has 4 rings (SSSR count). The fourth-order valence-electron chi connectivity index (χ4n) is 4.08. The summed E-state index contributed by atoms with van der Waals surface area (Å²) in [6.07, 6.45) is 3.31. The molecular weight excluding hydrogens is 356 g/mol. The summed E-state index contributed by atoms with van der Waals surface area (Å²) in [5.41, 5.74) is 9.12. The minimum absolute atomic E-state index is 0. The second-order valence-electron chi connectivity index (χ2n) is 7.01. The number of likely N-dealkylation sites (tertiary alicyclic amines) is 1. The van der Waals surface area contributed by atoms with Crippen molar-refractivity contribution < 1.29 is 4.79 Å². The fourth-order valence-corrected chi connectivity index (χ4v) is 4.08. The zero-order valence-corrected chi connectivity index (χ0v) is 16.1. The van der Waals surface area contributed by atoms with Gasteiger partial charge in [-0.1, -0.05) is 60.7 Å². The Hall–Kier alpha value is -2.52. The third-order valence-electron chi connectivity index (χ3n) is 5.42. The number of carbonyl (C=O) groups is 1. The van der Waals surface area contributed by atoms with E-state index in [0.29, 0.717) is 12.8 Å². The molecule has 3 nitrogen and oxygen atoms in total. The van der Waals surface area contributed by atoms with Crippen LogP contribution in [0.15, 0.2) is 66.7 Å². The van der Waals surface area contributed by atoms with Crippen LogP contribution in [0.1, 0.15) is 36.4 Å². The number of hydrogen-bond donors (Lipinski definition) is 1. The topological polar surface area (TPSA) is 46.3 Å². The molecule has 0 bridgehead atoms. The van der Waals surface area contributed by atoms with Crippen molar-refractivity contribution in [2.45, 2.75) is 31.7 Å². The van der Waals surface area contributed by atoms with E-state index in [1.54, 1.807) is 0 Å². The highest BCUT2D eigenvalue weighted by atomic mass is 35.5. The molecule has 27 heavy (non-hydrogen) atoms. The summed E-state index contributed by atoms with van der Waals surface area (Å²) in [5.74, 6) is 0.226. The number of para-hydroxylation sites is 1. The summed E-state index contributed by atoms with van der Waals surface area (Å²) < 4.78 is 0. The molecule has 1 heterocycles. The molecule has 1 aliphatic heterocycles. The Morgan fingerprint density at radius 2 is 1.74 bits per heavy atom. The molecule has 1 unspecified atom stereocenters. The zero-order valence-electron chi connectivity index (χ0n) is 15.3. The molecule has 2 N–H and O–H groups in total. The van der Waals surface area contributed by atoms with Crippen molar-refractivity contribution in [3.63, 3.8) is 0 Å². The molecule has 0 radical (unpaired) electrons. The van der Waals surface area contributed by atoms with Gasteiger partial charge in [0.15, 0.2) is 0 Å². The van der Waals surface area contributed by atoms with E-state index < -0.39 is 0 Å². The average Bonchev–Trinajstić information content (AvgIpc) is 3.16. The first-order valence-corrected chi connectivity index (χ1v) is 9.34. The summed E-state index contributed by atoms with van der Waals surface area (Å²) >= 11 is 0. The molecule has 0 aliphatic carbocycles. The van der Waals surface area contributed by atoms with Crippen LogP contribution in [0.25, 0.3) is 10.8 Å². The van der Waals surface area contributed by atoms with Gasteiger partial charge in [0.1, 0.15) is 0 Å². The van der Waals surface area contributed by atoms with Crippen LogP contribution in [0.5, 0.6) is 0 Å². The lowest BCUT2D eigenvalue weighted by Crippen LogP contribution is -2.30. The molecule has 1 amide bonds. The Balaban J connectivity index is 0.00000210. The highest BCUT2D eigenvalue weighted by Crippen LogP contribution is 2.36. The standard InChI is InChI=1S/C23H24N2O.ClH/c24-21-12-4-2-8-18(21)14-15-23(26)25-16-6-13-22(25)20-11-5-9-17-7-1-3-10-19(17)20;/h1-5,7-12,22H,6,13-16,24H2;1H. The van der Waals surface area contributed by atoms with Gasteiger partial charge in [0.2, 0.25) is 5.91 Å². The number of rotatable bonds is 4. The van der Waals surface area contributed by atoms with E-state index in [4.69, 9.17) is 5.73 Å². The number of halogens is 1. The van der Waals surface area contributed by atoms with E-state index in [0.717, 1.165) is 30.6 Å². The van der Waals surface area contributed by atoms with Crippen LogP contribution in [0.3, 0.4) is 0 Å². The molecule has 140 valence electrons. The van der Waals surface area contributed by atoms with Gasteiger partial charge in [0.25, 0.3) is 0 Å². The van der Waals surface area contributed by atoms with Crippen LogP contribution in [-0.4, -0.2) is 17.4 Å². The van der Waals surface area contributed by atoms with Gasteiger partial charge in [-0.25, -0.2) is 0 Å². The number of anilines is 1. The van der Waals surface area contributed by atoms with Crippen LogP contribution in [0.2, 0.25) is 0 Å². The lowest BCUT2D eigenvalue weighted by atomic mass is 9.97. The minimum Gasteiger partial charge on any atom is -0.399 e. The molecule has 3 aromatic rings. The Morgan fingerprint density at radius 3 is 2.59 bits per heavy atom. The van der Waals surface area contributed by atoms with Crippen molar-refractivity contribution in [3.05, 3.63) is 77.9 Å². The normalized spacial score (nSPS) is 16.3. The SMILES string of the molecule is Cl.Nc1ccccc1CCC(=O)N1CCCC1c1cccc2ccccc12. The first-order valence-electron chi connectivity index (χ1n) is 9.34. The van der Waals surface area contributed by atoms with Crippen molar-refractivity contribution in [2.75, 3.05) is 12.3 Å². The third kappa shape index (κ3) is 3.93. The van der Waals surface area contributed by atoms with Crippen molar-refractivity contribution in [1.29, 1.82) is 0 Å². The number of aryl methyl sites for hydroxylation is 1. The molecule has 1 saturated heterocycles. The number of hydrogen-bond acceptors (Lipinski definition) is 2. The van der Waals surface area contributed by atoms with Crippen molar-refractivity contribution in [1.82, 2.24) is 4.90 Å². The molecule has 0 saturated carbocycles. The first-order chi connectivity index (χ1) is 12.7. The molecule has 0 spiro atoms. The lowest BCUT2D eigenvalue weighted by molar-refractivity contribution is -0.132. The largest absolute Gasteiger partial charge is 0.399 e. The Labute approximate surface area is 166 Å². The Bertz CT molecular complexity index is 935. The van der Waals surface area contributed by atoms with Gasteiger partial charge in [-0.3, -0.25) is 4.79 Å². The maximum Gasteiger partial charge on any atom is 0.223 e. The second-order valence-corrected chi connectivity index (χ2v) is 7.01. The number of nitrogens with two attached hydrogens (primary N) is 1. The highest BCUT2D eigenvalue weighted by molar-refractivity contribution is 5.87. The van der Waals surface area contributed by atoms with Gasteiger partial charge < -0.3 is 10.6 Å². The fraction of sp³-hybridized carbons (Fsp3) is 0.261. The molecule has 1 atom stereocenters. The lowest BCUT2D eigenvalue weighted by Gasteiger charge is -2.26. The predicted molar refractivity (Wildman–Crippen MR) is 114 cm³/mol. The van der Waals surface area contributed by atoms with Gasteiger partial charge >= 0.3 is 0 Å². The van der Waals surface area contributed by atoms with Crippen LogP contribution in [-0.2, 0) is 11.2 Å². The molecular formula is C23H25ClN2O. The number of nitrogen functional groups attached to an aromatic ring is 1. The summed E-state index contributed by atoms with van der Waals surface area (Å²) in [6, 6.07) is 22.8. The van der Waals surface area contributed by atoms with Gasteiger partial charge in [-0.2, -0.15) is 0 Å². The van der Waals surface area contributed by atoms with E-state index >= 15 is 0 Å². The zero-order chi connectivity index (χ0) is 17.9. The Kier molecular flexibility index (Phi) is 6.02. The van der Waals surface area contributed by atoms with E-state index in [2.05, 4.69) is 47.4 Å². The van der Waals surface area contributed by atoms with Gasteiger partial charge in [-0.15, -0.1) is 12.4 Å². The van der Waals surface area contributed by atoms with Crippen LogP contribution in [0, 0.1) is 0 Å². The quantitative estimate of drug-likeness (QED) is 0.637. The van der Waals surface area contributed by atoms with Gasteiger partial charge in [0.05, 0.1) is 6.04 Å². The summed E-state index contributed by atoms with van der Waals surface area (Å²) in [4.78, 5) is 15.0. The number of benzene rings is 3. The minimum atomic E-state index is 0. The number of fused-ring (bicyclic) bond motifs is 1. The predicted octanol–water partition coefficient (Wildman–Crippen LogP) is 5.14. The summed E-state index contributed by atoms with van der Waals surface area (Å²) in [5, 5.41) is 2.49. The van der Waals surface area contributed by atoms with E-state index in [1.165, 1.54) is 16.3 Å². The van der Waals surface area contributed by atoms with E-state index in [1.807, 2.05) is 24.3 Å². The molecule has 1 fully saturated rings. The number of nitrogens with zero attached hydrogens (tertiary/aromatic N) is 1. The monoisotopic (exact) mass is 380 g/mol. The average molecular weight is 381 g/mol. The third-order valence-corrected chi connectivity index (χ3v) is 5.42. The van der Waals surface area contributed by atoms with E-state index in [9.17, 15) is 4.79 Å². The first kappa shape index (κ1) is 19.2. The summed E-state index contributed by atoms with van der Waals surface area (Å²) in [7, 11) is 0. The maximum atomic E-state index is 12.9. The van der Waals surface area contributed by atoms with Crippen molar-refractivity contribution in [3.8, 4) is 0 Å². The summed E-state index contributed by atoms with van der Waals surface area (Å²) in [6.45, 7) is 0.844. The van der Waals surface area contributed by atoms with Gasteiger partial charge in [0, 0.05) is 18.7 Å². The molecule has 3 aromatic carbocycles. The molecule has 4 heteroatoms. The number of carbonyl (C=O) groups excluding carboxylic acids is 1. The maximum absolute atomic E-state index is 12.9. The van der Waals surface area contributed by atoms with Crippen LogP contribution < -0.4 is 5.73 Å². The van der Waals surface area contributed by atoms with Crippen LogP contribution >= 0.6 is 12.4 Å². The number of amides is 1. The van der Waals surface area contributed by atoms with E-state index in [-0.39, 0.29) is 24.4 Å². The smallest absolute Gasteiger partial charge is 0.223 e. The molecule has 0 aromatic heterocycles. The van der Waals surface area contributed by atoms with Gasteiger partial charge in [-0.05, 0) is 47.2 Å². The van der Waals surface area contributed by atoms with Crippen molar-refractivity contribution in [2.24, 2.45) is 0 Å². The van der Waals surface area contributed by atoms with Crippen LogP contribution in [0.4, 0.5) is 5.69 Å². The second kappa shape index (κ2) is 8.45. The van der Waals surface area contributed by atoms with Crippen molar-refractivity contribution >= 4 is 34.8 Å². The molecule has 1 aliphatic rings.